The Morgan fingerprint density at radius 2 is 2.00 bits per heavy atom. The number of alkyl halides is 3. The molecule has 1 aliphatic heterocycles. The summed E-state index contributed by atoms with van der Waals surface area (Å²) >= 11 is 0. The van der Waals surface area contributed by atoms with Gasteiger partial charge in [-0.25, -0.2) is 9.97 Å². The van der Waals surface area contributed by atoms with Gasteiger partial charge in [0, 0.05) is 54.8 Å². The van der Waals surface area contributed by atoms with Gasteiger partial charge in [0.15, 0.2) is 0 Å². The number of anilines is 1. The van der Waals surface area contributed by atoms with E-state index >= 15 is 0 Å². The number of hydrogen-bond acceptors (Lipinski definition) is 5. The minimum atomic E-state index is -4.19. The molecule has 0 atom stereocenters. The number of rotatable bonds is 6. The van der Waals surface area contributed by atoms with Gasteiger partial charge in [0.2, 0.25) is 0 Å². The molecule has 0 aliphatic carbocycles. The van der Waals surface area contributed by atoms with Crippen LogP contribution in [0.15, 0.2) is 30.6 Å². The van der Waals surface area contributed by atoms with Gasteiger partial charge in [-0.3, -0.25) is 4.90 Å². The fraction of sp³-hybridized carbons (Fsp3) is 0.435. The molecule has 6 nitrogen and oxygen atoms in total. The van der Waals surface area contributed by atoms with Crippen LogP contribution in [-0.2, 0) is 13.0 Å². The molecular weight excluding hydrogens is 417 g/mol. The summed E-state index contributed by atoms with van der Waals surface area (Å²) in [4.78, 5) is 13.6. The van der Waals surface area contributed by atoms with E-state index in [1.54, 1.807) is 6.07 Å². The fourth-order valence-corrected chi connectivity index (χ4v) is 4.19. The van der Waals surface area contributed by atoms with E-state index < -0.39 is 12.6 Å². The smallest absolute Gasteiger partial charge is 0.367 e. The van der Waals surface area contributed by atoms with Crippen LogP contribution in [0, 0.1) is 18.3 Å². The highest BCUT2D eigenvalue weighted by atomic mass is 19.4. The van der Waals surface area contributed by atoms with E-state index in [1.165, 1.54) is 17.5 Å². The van der Waals surface area contributed by atoms with E-state index in [0.717, 1.165) is 43.4 Å². The molecule has 1 fully saturated rings. The number of halogens is 3. The first kappa shape index (κ1) is 22.1. The molecule has 2 aromatic heterocycles. The summed E-state index contributed by atoms with van der Waals surface area (Å²) in [5.41, 5.74) is 4.38. The Hall–Kier alpha value is -3.12. The Morgan fingerprint density at radius 3 is 2.72 bits per heavy atom. The van der Waals surface area contributed by atoms with Crippen molar-refractivity contribution in [2.24, 2.45) is 0 Å². The topological polar surface area (TPSA) is 80.6 Å². The van der Waals surface area contributed by atoms with Gasteiger partial charge < -0.3 is 10.3 Å². The predicted octanol–water partition coefficient (Wildman–Crippen LogP) is 4.71. The van der Waals surface area contributed by atoms with Gasteiger partial charge in [0.25, 0.3) is 0 Å². The fourth-order valence-electron chi connectivity index (χ4n) is 4.19. The quantitative estimate of drug-likeness (QED) is 0.578. The summed E-state index contributed by atoms with van der Waals surface area (Å²) in [5.74, 6) is 0.581. The number of likely N-dealkylation sites (tertiary alicyclic amines) is 1. The molecule has 3 heterocycles. The zero-order valence-corrected chi connectivity index (χ0v) is 17.8. The van der Waals surface area contributed by atoms with Crippen molar-refractivity contribution in [1.29, 1.82) is 5.26 Å². The highest BCUT2D eigenvalue weighted by Gasteiger charge is 2.27. The van der Waals surface area contributed by atoms with Crippen molar-refractivity contribution in [1.82, 2.24) is 19.9 Å². The van der Waals surface area contributed by atoms with E-state index in [9.17, 15) is 13.2 Å². The second-order valence-corrected chi connectivity index (χ2v) is 8.31. The van der Waals surface area contributed by atoms with Crippen molar-refractivity contribution in [3.8, 4) is 6.07 Å². The average Bonchev–Trinajstić information content (AvgIpc) is 3.20. The zero-order chi connectivity index (χ0) is 22.7. The Labute approximate surface area is 184 Å². The number of nitrogens with one attached hydrogen (secondary N) is 2. The number of fused-ring (bicyclic) bond motifs is 1. The highest BCUT2D eigenvalue weighted by Crippen LogP contribution is 2.26. The number of nitrogens with zero attached hydrogens (tertiary/aromatic N) is 4. The van der Waals surface area contributed by atoms with Crippen molar-refractivity contribution < 1.29 is 13.2 Å². The number of aryl methyl sites for hydroxylation is 2. The Balaban J connectivity index is 1.32. The maximum atomic E-state index is 12.4. The van der Waals surface area contributed by atoms with Crippen molar-refractivity contribution in [3.63, 3.8) is 0 Å². The first-order chi connectivity index (χ1) is 15.3. The lowest BCUT2D eigenvalue weighted by Crippen LogP contribution is -2.38. The molecule has 1 aliphatic rings. The Bertz CT molecular complexity index is 1120. The van der Waals surface area contributed by atoms with Gasteiger partial charge >= 0.3 is 6.18 Å². The highest BCUT2D eigenvalue weighted by molar-refractivity contribution is 5.85. The number of aromatic nitrogens is 3. The third kappa shape index (κ3) is 5.37. The van der Waals surface area contributed by atoms with Crippen molar-refractivity contribution in [2.75, 3.05) is 18.4 Å². The van der Waals surface area contributed by atoms with E-state index in [2.05, 4.69) is 44.2 Å². The van der Waals surface area contributed by atoms with Crippen LogP contribution in [0.25, 0.3) is 10.9 Å². The van der Waals surface area contributed by atoms with Gasteiger partial charge in [-0.05, 0) is 49.4 Å². The standard InChI is InChI=1S/C23H25F3N6/c1-15-16(2-3-21-20(15)10-19(12-27)30-21)13-32-8-5-17(6-9-32)31-22-11-18(28-14-29-22)4-7-23(24,25)26/h2-3,10-11,14,17,30H,4-9,13H2,1H3,(H,28,29,31). The van der Waals surface area contributed by atoms with Gasteiger partial charge in [-0.15, -0.1) is 0 Å². The molecule has 32 heavy (non-hydrogen) atoms. The van der Waals surface area contributed by atoms with E-state index in [-0.39, 0.29) is 12.5 Å². The van der Waals surface area contributed by atoms with Crippen LogP contribution < -0.4 is 5.32 Å². The number of hydrogen-bond donors (Lipinski definition) is 2. The molecule has 0 amide bonds. The number of benzene rings is 1. The first-order valence-corrected chi connectivity index (χ1v) is 10.7. The van der Waals surface area contributed by atoms with Crippen molar-refractivity contribution >= 4 is 16.7 Å². The number of nitriles is 1. The van der Waals surface area contributed by atoms with Crippen molar-refractivity contribution in [3.05, 3.63) is 53.1 Å². The molecular formula is C23H25F3N6. The summed E-state index contributed by atoms with van der Waals surface area (Å²) in [5, 5.41) is 13.6. The molecule has 4 rings (SSSR count). The average molecular weight is 442 g/mol. The molecule has 0 spiro atoms. The van der Waals surface area contributed by atoms with Gasteiger partial charge in [0.1, 0.15) is 23.9 Å². The summed E-state index contributed by atoms with van der Waals surface area (Å²) in [6, 6.07) is 10.0. The third-order valence-corrected chi connectivity index (χ3v) is 6.03. The molecule has 0 saturated carbocycles. The largest absolute Gasteiger partial charge is 0.389 e. The molecule has 0 bridgehead atoms. The number of aromatic amines is 1. The van der Waals surface area contributed by atoms with Crippen LogP contribution >= 0.6 is 0 Å². The van der Waals surface area contributed by atoms with Crippen LogP contribution in [-0.4, -0.2) is 45.2 Å². The summed E-state index contributed by atoms with van der Waals surface area (Å²) in [6.45, 7) is 4.76. The normalized spacial score (nSPS) is 15.7. The molecule has 0 radical (unpaired) electrons. The SMILES string of the molecule is Cc1c(CN2CCC(Nc3cc(CCC(F)(F)F)ncn3)CC2)ccc2[nH]c(C#N)cc12. The predicted molar refractivity (Wildman–Crippen MR) is 116 cm³/mol. The second kappa shape index (κ2) is 9.17. The Kier molecular flexibility index (Phi) is 6.33. The molecule has 1 aromatic carbocycles. The van der Waals surface area contributed by atoms with E-state index in [0.29, 0.717) is 17.2 Å². The first-order valence-electron chi connectivity index (χ1n) is 10.7. The summed E-state index contributed by atoms with van der Waals surface area (Å²) in [7, 11) is 0. The maximum absolute atomic E-state index is 12.4. The van der Waals surface area contributed by atoms with Crippen molar-refractivity contribution in [2.45, 2.75) is 51.4 Å². The minimum absolute atomic E-state index is 0.139. The zero-order valence-electron chi connectivity index (χ0n) is 17.8. The molecule has 3 aromatic rings. The monoisotopic (exact) mass is 442 g/mol. The lowest BCUT2D eigenvalue weighted by Gasteiger charge is -2.33. The summed E-state index contributed by atoms with van der Waals surface area (Å²) in [6.07, 6.45) is -2.04. The lowest BCUT2D eigenvalue weighted by atomic mass is 10.0. The lowest BCUT2D eigenvalue weighted by molar-refractivity contribution is -0.134. The summed E-state index contributed by atoms with van der Waals surface area (Å²) < 4.78 is 37.3. The minimum Gasteiger partial charge on any atom is -0.367 e. The van der Waals surface area contributed by atoms with Gasteiger partial charge in [-0.2, -0.15) is 18.4 Å². The molecule has 9 heteroatoms. The molecule has 168 valence electrons. The van der Waals surface area contributed by atoms with Crippen LogP contribution in [0.1, 0.15) is 41.8 Å². The van der Waals surface area contributed by atoms with Gasteiger partial charge in [0.05, 0.1) is 0 Å². The molecule has 0 unspecified atom stereocenters. The maximum Gasteiger partial charge on any atom is 0.389 e. The van der Waals surface area contributed by atoms with E-state index in [4.69, 9.17) is 5.26 Å². The molecule has 1 saturated heterocycles. The van der Waals surface area contributed by atoms with Crippen LogP contribution in [0.2, 0.25) is 0 Å². The number of H-pyrrole nitrogens is 1. The van der Waals surface area contributed by atoms with Crippen LogP contribution in [0.4, 0.5) is 19.0 Å². The van der Waals surface area contributed by atoms with Gasteiger partial charge in [-0.1, -0.05) is 6.07 Å². The van der Waals surface area contributed by atoms with E-state index in [1.807, 2.05) is 12.1 Å². The second-order valence-electron chi connectivity index (χ2n) is 8.31. The Morgan fingerprint density at radius 1 is 1.22 bits per heavy atom. The third-order valence-electron chi connectivity index (χ3n) is 6.03. The number of piperidine rings is 1. The molecule has 2 N–H and O–H groups in total. The van der Waals surface area contributed by atoms with Crippen LogP contribution in [0.3, 0.4) is 0 Å². The van der Waals surface area contributed by atoms with Crippen LogP contribution in [0.5, 0.6) is 0 Å².